The molecule has 0 radical (unpaired) electrons. The predicted octanol–water partition coefficient (Wildman–Crippen LogP) is 3.25. The number of benzene rings is 2. The molecule has 1 atom stereocenters. The summed E-state index contributed by atoms with van der Waals surface area (Å²) in [6.07, 6.45) is 0. The van der Waals surface area contributed by atoms with Crippen molar-refractivity contribution in [2.45, 2.75) is 19.6 Å². The van der Waals surface area contributed by atoms with E-state index >= 15 is 0 Å². The third kappa shape index (κ3) is 3.48. The number of aromatic hydroxyl groups is 1. The largest absolute Gasteiger partial charge is 0.508 e. The Morgan fingerprint density at radius 2 is 1.95 bits per heavy atom. The summed E-state index contributed by atoms with van der Waals surface area (Å²) in [5.74, 6) is 1.13. The maximum Gasteiger partial charge on any atom is 0.124 e. The van der Waals surface area contributed by atoms with Crippen LogP contribution in [0.3, 0.4) is 0 Å². The first-order valence-corrected chi connectivity index (χ1v) is 6.37. The van der Waals surface area contributed by atoms with Gasteiger partial charge < -0.3 is 15.2 Å². The van der Waals surface area contributed by atoms with Crippen molar-refractivity contribution in [2.24, 2.45) is 0 Å². The molecule has 0 saturated heterocycles. The van der Waals surface area contributed by atoms with Crippen LogP contribution in [0.2, 0.25) is 0 Å². The van der Waals surface area contributed by atoms with Gasteiger partial charge >= 0.3 is 0 Å². The van der Waals surface area contributed by atoms with Crippen molar-refractivity contribution >= 4 is 0 Å². The lowest BCUT2D eigenvalue weighted by atomic mass is 10.1. The van der Waals surface area contributed by atoms with Gasteiger partial charge in [-0.1, -0.05) is 30.3 Å². The van der Waals surface area contributed by atoms with Gasteiger partial charge in [0.05, 0.1) is 0 Å². The molecular formula is C16H19NO2. The molecule has 1 unspecified atom stereocenters. The normalized spacial score (nSPS) is 12.1. The summed E-state index contributed by atoms with van der Waals surface area (Å²) in [4.78, 5) is 0. The molecule has 3 nitrogen and oxygen atoms in total. The Kier molecular flexibility index (Phi) is 4.42. The van der Waals surface area contributed by atoms with E-state index in [0.29, 0.717) is 6.61 Å². The van der Waals surface area contributed by atoms with Crippen LogP contribution in [0.15, 0.2) is 48.5 Å². The highest BCUT2D eigenvalue weighted by Gasteiger charge is 2.09. The van der Waals surface area contributed by atoms with Gasteiger partial charge in [0, 0.05) is 11.6 Å². The minimum atomic E-state index is 0.236. The Balaban J connectivity index is 2.11. The fourth-order valence-electron chi connectivity index (χ4n) is 1.93. The molecule has 0 aliphatic rings. The summed E-state index contributed by atoms with van der Waals surface area (Å²) in [5.41, 5.74) is 2.08. The van der Waals surface area contributed by atoms with E-state index in [9.17, 15) is 5.11 Å². The van der Waals surface area contributed by atoms with Gasteiger partial charge in [-0.25, -0.2) is 0 Å². The second-order valence-electron chi connectivity index (χ2n) is 4.51. The third-order valence-corrected chi connectivity index (χ3v) is 3.12. The maximum atomic E-state index is 9.43. The van der Waals surface area contributed by atoms with Crippen LogP contribution in [-0.2, 0) is 6.61 Å². The van der Waals surface area contributed by atoms with E-state index in [4.69, 9.17) is 4.74 Å². The average molecular weight is 257 g/mol. The molecule has 2 aromatic carbocycles. The van der Waals surface area contributed by atoms with E-state index in [2.05, 4.69) is 18.3 Å². The monoisotopic (exact) mass is 257 g/mol. The molecule has 0 saturated carbocycles. The highest BCUT2D eigenvalue weighted by atomic mass is 16.5. The van der Waals surface area contributed by atoms with Crippen LogP contribution in [0.1, 0.15) is 24.1 Å². The van der Waals surface area contributed by atoms with Crippen LogP contribution in [-0.4, -0.2) is 12.2 Å². The van der Waals surface area contributed by atoms with Gasteiger partial charge in [0.1, 0.15) is 18.1 Å². The molecule has 3 heteroatoms. The van der Waals surface area contributed by atoms with E-state index in [1.165, 1.54) is 0 Å². The first kappa shape index (κ1) is 13.4. The molecule has 0 bridgehead atoms. The lowest BCUT2D eigenvalue weighted by molar-refractivity contribution is 0.299. The molecule has 2 N–H and O–H groups in total. The van der Waals surface area contributed by atoms with Crippen LogP contribution >= 0.6 is 0 Å². The van der Waals surface area contributed by atoms with E-state index < -0.39 is 0 Å². The van der Waals surface area contributed by atoms with Crippen LogP contribution in [0.25, 0.3) is 0 Å². The minimum Gasteiger partial charge on any atom is -0.508 e. The van der Waals surface area contributed by atoms with E-state index in [1.54, 1.807) is 12.1 Å². The number of ether oxygens (including phenoxy) is 1. The number of hydrogen-bond acceptors (Lipinski definition) is 3. The van der Waals surface area contributed by atoms with Crippen molar-refractivity contribution in [3.05, 3.63) is 59.7 Å². The molecule has 0 spiro atoms. The number of phenols is 1. The Morgan fingerprint density at radius 3 is 2.68 bits per heavy atom. The zero-order valence-corrected chi connectivity index (χ0v) is 11.3. The summed E-state index contributed by atoms with van der Waals surface area (Å²) >= 11 is 0. The molecule has 0 fully saturated rings. The van der Waals surface area contributed by atoms with E-state index in [-0.39, 0.29) is 11.8 Å². The van der Waals surface area contributed by atoms with Gasteiger partial charge in [0.25, 0.3) is 0 Å². The second kappa shape index (κ2) is 6.25. The van der Waals surface area contributed by atoms with Crippen molar-refractivity contribution in [1.82, 2.24) is 5.32 Å². The van der Waals surface area contributed by atoms with E-state index in [1.807, 2.05) is 37.4 Å². The molecule has 2 aromatic rings. The molecule has 100 valence electrons. The second-order valence-corrected chi connectivity index (χ2v) is 4.51. The van der Waals surface area contributed by atoms with Gasteiger partial charge in [-0.05, 0) is 37.7 Å². The predicted molar refractivity (Wildman–Crippen MR) is 76.4 cm³/mol. The van der Waals surface area contributed by atoms with Crippen molar-refractivity contribution in [1.29, 1.82) is 0 Å². The van der Waals surface area contributed by atoms with E-state index in [0.717, 1.165) is 16.9 Å². The van der Waals surface area contributed by atoms with Crippen molar-refractivity contribution in [2.75, 3.05) is 7.05 Å². The highest BCUT2D eigenvalue weighted by molar-refractivity contribution is 5.36. The summed E-state index contributed by atoms with van der Waals surface area (Å²) < 4.78 is 5.85. The first-order valence-electron chi connectivity index (χ1n) is 6.37. The van der Waals surface area contributed by atoms with Gasteiger partial charge in [0.15, 0.2) is 0 Å². The summed E-state index contributed by atoms with van der Waals surface area (Å²) in [6, 6.07) is 15.3. The summed E-state index contributed by atoms with van der Waals surface area (Å²) in [6.45, 7) is 2.54. The zero-order chi connectivity index (χ0) is 13.7. The van der Waals surface area contributed by atoms with Gasteiger partial charge in [0.2, 0.25) is 0 Å². The molecule has 0 amide bonds. The standard InChI is InChI=1S/C16H19NO2/c1-12(17-2)15-8-3-4-9-16(15)19-11-13-6-5-7-14(18)10-13/h3-10,12,17-18H,11H2,1-2H3. The fourth-order valence-corrected chi connectivity index (χ4v) is 1.93. The molecule has 0 aliphatic carbocycles. The summed E-state index contributed by atoms with van der Waals surface area (Å²) in [7, 11) is 1.93. The smallest absolute Gasteiger partial charge is 0.124 e. The highest BCUT2D eigenvalue weighted by Crippen LogP contribution is 2.25. The van der Waals surface area contributed by atoms with Crippen LogP contribution in [0.4, 0.5) is 0 Å². The zero-order valence-electron chi connectivity index (χ0n) is 11.3. The van der Waals surface area contributed by atoms with Crippen LogP contribution in [0.5, 0.6) is 11.5 Å². The Bertz CT molecular complexity index is 540. The molecule has 2 rings (SSSR count). The van der Waals surface area contributed by atoms with Gasteiger partial charge in [-0.2, -0.15) is 0 Å². The number of hydrogen-bond donors (Lipinski definition) is 2. The Labute approximate surface area is 113 Å². The lowest BCUT2D eigenvalue weighted by Gasteiger charge is -2.16. The average Bonchev–Trinajstić information content (AvgIpc) is 2.45. The number of phenolic OH excluding ortho intramolecular Hbond substituents is 1. The summed E-state index contributed by atoms with van der Waals surface area (Å²) in [5, 5.41) is 12.6. The third-order valence-electron chi connectivity index (χ3n) is 3.12. The van der Waals surface area contributed by atoms with Gasteiger partial charge in [-0.3, -0.25) is 0 Å². The molecule has 0 aromatic heterocycles. The topological polar surface area (TPSA) is 41.5 Å². The Hall–Kier alpha value is -2.00. The molecule has 0 heterocycles. The number of nitrogens with one attached hydrogen (secondary N) is 1. The lowest BCUT2D eigenvalue weighted by Crippen LogP contribution is -2.13. The SMILES string of the molecule is CNC(C)c1ccccc1OCc1cccc(O)c1. The fraction of sp³-hybridized carbons (Fsp3) is 0.250. The van der Waals surface area contributed by atoms with Gasteiger partial charge in [-0.15, -0.1) is 0 Å². The Morgan fingerprint density at radius 1 is 1.16 bits per heavy atom. The first-order chi connectivity index (χ1) is 9.20. The quantitative estimate of drug-likeness (QED) is 0.864. The molecule has 19 heavy (non-hydrogen) atoms. The van der Waals surface area contributed by atoms with Crippen molar-refractivity contribution in [3.63, 3.8) is 0 Å². The maximum absolute atomic E-state index is 9.43. The molecule has 0 aliphatic heterocycles. The molecular weight excluding hydrogens is 238 g/mol. The minimum absolute atomic E-state index is 0.236. The van der Waals surface area contributed by atoms with Crippen molar-refractivity contribution in [3.8, 4) is 11.5 Å². The number of para-hydroxylation sites is 1. The van der Waals surface area contributed by atoms with Crippen LogP contribution in [0, 0.1) is 0 Å². The van der Waals surface area contributed by atoms with Crippen molar-refractivity contribution < 1.29 is 9.84 Å². The van der Waals surface area contributed by atoms with Crippen LogP contribution < -0.4 is 10.1 Å². The number of rotatable bonds is 5.